The number of ether oxygens (including phenoxy) is 1. The molecule has 0 aliphatic carbocycles. The molecule has 2 heterocycles. The monoisotopic (exact) mass is 256 g/mol. The van der Waals surface area contributed by atoms with Crippen molar-refractivity contribution in [3.05, 3.63) is 52.6 Å². The Labute approximate surface area is 109 Å². The van der Waals surface area contributed by atoms with Gasteiger partial charge in [-0.3, -0.25) is 4.98 Å². The van der Waals surface area contributed by atoms with Gasteiger partial charge in [-0.15, -0.1) is 11.3 Å². The lowest BCUT2D eigenvalue weighted by Crippen LogP contribution is -1.93. The summed E-state index contributed by atoms with van der Waals surface area (Å²) in [5, 5.41) is 2.15. The lowest BCUT2D eigenvalue weighted by molar-refractivity contribution is 0.309. The van der Waals surface area contributed by atoms with Crippen molar-refractivity contribution in [2.45, 2.75) is 13.5 Å². The largest absolute Gasteiger partial charge is 0.486 e. The molecule has 4 heteroatoms. The zero-order valence-corrected chi connectivity index (χ0v) is 10.8. The molecule has 0 spiro atoms. The Morgan fingerprint density at radius 3 is 2.89 bits per heavy atom. The summed E-state index contributed by atoms with van der Waals surface area (Å²) in [5.41, 5.74) is 0.985. The molecule has 0 saturated carbocycles. The molecular weight excluding hydrogens is 244 g/mol. The maximum atomic E-state index is 5.72. The van der Waals surface area contributed by atoms with Crippen molar-refractivity contribution in [3.8, 4) is 5.75 Å². The molecule has 0 unspecified atom stereocenters. The van der Waals surface area contributed by atoms with E-state index in [2.05, 4.69) is 9.97 Å². The van der Waals surface area contributed by atoms with Crippen LogP contribution in [0, 0.1) is 6.92 Å². The molecule has 0 saturated heterocycles. The third-order valence-corrected chi connectivity index (χ3v) is 3.50. The molecule has 18 heavy (non-hydrogen) atoms. The molecule has 0 radical (unpaired) electrons. The fourth-order valence-electron chi connectivity index (χ4n) is 1.76. The lowest BCUT2D eigenvalue weighted by atomic mass is 10.2. The topological polar surface area (TPSA) is 35.0 Å². The summed E-state index contributed by atoms with van der Waals surface area (Å²) in [7, 11) is 0. The second-order valence-electron chi connectivity index (χ2n) is 4.00. The highest BCUT2D eigenvalue weighted by atomic mass is 32.1. The molecule has 0 N–H and O–H groups in total. The molecule has 3 nitrogen and oxygen atoms in total. The van der Waals surface area contributed by atoms with Crippen molar-refractivity contribution in [2.75, 3.05) is 0 Å². The maximum Gasteiger partial charge on any atom is 0.138 e. The molecule has 0 amide bonds. The van der Waals surface area contributed by atoms with E-state index in [0.717, 1.165) is 26.5 Å². The number of hydrogen-bond acceptors (Lipinski definition) is 4. The third-order valence-electron chi connectivity index (χ3n) is 2.62. The van der Waals surface area contributed by atoms with Crippen LogP contribution in [0.5, 0.6) is 5.75 Å². The fourth-order valence-corrected chi connectivity index (χ4v) is 2.46. The zero-order chi connectivity index (χ0) is 12.4. The Morgan fingerprint density at radius 1 is 1.17 bits per heavy atom. The number of aryl methyl sites for hydroxylation is 1. The summed E-state index contributed by atoms with van der Waals surface area (Å²) < 4.78 is 5.72. The molecule has 0 atom stereocenters. The lowest BCUT2D eigenvalue weighted by Gasteiger charge is -2.04. The van der Waals surface area contributed by atoms with Gasteiger partial charge in [0.25, 0.3) is 0 Å². The molecule has 3 aromatic rings. The van der Waals surface area contributed by atoms with Crippen LogP contribution in [0.1, 0.15) is 9.88 Å². The molecular formula is C14H12N2OS. The van der Waals surface area contributed by atoms with Gasteiger partial charge < -0.3 is 4.74 Å². The first-order valence-electron chi connectivity index (χ1n) is 5.70. The fraction of sp³-hybridized carbons (Fsp3) is 0.143. The van der Waals surface area contributed by atoms with Gasteiger partial charge in [0.15, 0.2) is 0 Å². The number of hydrogen-bond donors (Lipinski definition) is 0. The Balaban J connectivity index is 1.78. The smallest absolute Gasteiger partial charge is 0.138 e. The summed E-state index contributed by atoms with van der Waals surface area (Å²) in [6.07, 6.45) is 3.62. The number of fused-ring (bicyclic) bond motifs is 1. The molecule has 0 fully saturated rings. The number of benzene rings is 1. The van der Waals surface area contributed by atoms with Crippen molar-refractivity contribution in [2.24, 2.45) is 0 Å². The van der Waals surface area contributed by atoms with E-state index in [4.69, 9.17) is 4.74 Å². The quantitative estimate of drug-likeness (QED) is 0.718. The number of pyridine rings is 1. The Bertz CT molecular complexity index is 678. The standard InChI is InChI=1S/C14H12N2OS/c1-10-15-8-13(18-10)9-17-12-6-11-4-2-3-5-14(11)16-7-12/h2-8H,9H2,1H3. The summed E-state index contributed by atoms with van der Waals surface area (Å²) in [6, 6.07) is 10.0. The number of nitrogens with zero attached hydrogens (tertiary/aromatic N) is 2. The third kappa shape index (κ3) is 2.33. The highest BCUT2D eigenvalue weighted by Crippen LogP contribution is 2.20. The van der Waals surface area contributed by atoms with E-state index in [-0.39, 0.29) is 0 Å². The van der Waals surface area contributed by atoms with Gasteiger partial charge in [0.2, 0.25) is 0 Å². The van der Waals surface area contributed by atoms with Crippen LogP contribution in [-0.4, -0.2) is 9.97 Å². The molecule has 2 aromatic heterocycles. The van der Waals surface area contributed by atoms with E-state index in [9.17, 15) is 0 Å². The van der Waals surface area contributed by atoms with E-state index < -0.39 is 0 Å². The average Bonchev–Trinajstić information content (AvgIpc) is 2.82. The van der Waals surface area contributed by atoms with Crippen LogP contribution in [0.4, 0.5) is 0 Å². The second-order valence-corrected chi connectivity index (χ2v) is 5.32. The van der Waals surface area contributed by atoms with Gasteiger partial charge in [-0.1, -0.05) is 18.2 Å². The van der Waals surface area contributed by atoms with Crippen LogP contribution >= 0.6 is 11.3 Å². The number of para-hydroxylation sites is 1. The van der Waals surface area contributed by atoms with Crippen molar-refractivity contribution < 1.29 is 4.74 Å². The SMILES string of the molecule is Cc1ncc(COc2cnc3ccccc3c2)s1. The second kappa shape index (κ2) is 4.74. The first-order chi connectivity index (χ1) is 8.81. The average molecular weight is 256 g/mol. The van der Waals surface area contributed by atoms with Crippen LogP contribution in [-0.2, 0) is 6.61 Å². The Kier molecular flexibility index (Phi) is 2.94. The number of rotatable bonds is 3. The predicted molar refractivity (Wildman–Crippen MR) is 72.9 cm³/mol. The van der Waals surface area contributed by atoms with Crippen LogP contribution in [0.15, 0.2) is 42.7 Å². The molecule has 0 aliphatic heterocycles. The van der Waals surface area contributed by atoms with Gasteiger partial charge in [-0.25, -0.2) is 4.98 Å². The van der Waals surface area contributed by atoms with Crippen molar-refractivity contribution >= 4 is 22.2 Å². The molecule has 3 rings (SSSR count). The van der Waals surface area contributed by atoms with Gasteiger partial charge in [-0.2, -0.15) is 0 Å². The minimum absolute atomic E-state index is 0.547. The minimum atomic E-state index is 0.547. The normalized spacial score (nSPS) is 10.7. The van der Waals surface area contributed by atoms with E-state index in [0.29, 0.717) is 6.61 Å². The summed E-state index contributed by atoms with van der Waals surface area (Å²) in [5.74, 6) is 0.791. The number of thiazole rings is 1. The first-order valence-corrected chi connectivity index (χ1v) is 6.52. The van der Waals surface area contributed by atoms with Crippen LogP contribution in [0.3, 0.4) is 0 Å². The van der Waals surface area contributed by atoms with Crippen molar-refractivity contribution in [1.82, 2.24) is 9.97 Å². The highest BCUT2D eigenvalue weighted by molar-refractivity contribution is 7.11. The summed E-state index contributed by atoms with van der Waals surface area (Å²) >= 11 is 1.65. The van der Waals surface area contributed by atoms with E-state index in [1.54, 1.807) is 17.5 Å². The minimum Gasteiger partial charge on any atom is -0.486 e. The predicted octanol–water partition coefficient (Wildman–Crippen LogP) is 3.58. The summed E-state index contributed by atoms with van der Waals surface area (Å²) in [6.45, 7) is 2.54. The van der Waals surface area contributed by atoms with Gasteiger partial charge in [0.1, 0.15) is 12.4 Å². The van der Waals surface area contributed by atoms with Crippen LogP contribution in [0.25, 0.3) is 10.9 Å². The zero-order valence-electron chi connectivity index (χ0n) is 9.96. The first kappa shape index (κ1) is 11.2. The van der Waals surface area contributed by atoms with Gasteiger partial charge in [0.05, 0.1) is 21.6 Å². The van der Waals surface area contributed by atoms with E-state index in [1.807, 2.05) is 43.5 Å². The van der Waals surface area contributed by atoms with Crippen molar-refractivity contribution in [3.63, 3.8) is 0 Å². The van der Waals surface area contributed by atoms with Gasteiger partial charge >= 0.3 is 0 Å². The molecule has 0 aliphatic rings. The molecule has 90 valence electrons. The van der Waals surface area contributed by atoms with Crippen LogP contribution in [0.2, 0.25) is 0 Å². The van der Waals surface area contributed by atoms with Gasteiger partial charge in [0, 0.05) is 11.6 Å². The molecule has 1 aromatic carbocycles. The molecule has 0 bridgehead atoms. The van der Waals surface area contributed by atoms with E-state index >= 15 is 0 Å². The van der Waals surface area contributed by atoms with Gasteiger partial charge in [-0.05, 0) is 19.1 Å². The summed E-state index contributed by atoms with van der Waals surface area (Å²) in [4.78, 5) is 9.69. The van der Waals surface area contributed by atoms with E-state index in [1.165, 1.54) is 0 Å². The Hall–Kier alpha value is -1.94. The number of aromatic nitrogens is 2. The van der Waals surface area contributed by atoms with Crippen molar-refractivity contribution in [1.29, 1.82) is 0 Å². The highest BCUT2D eigenvalue weighted by Gasteiger charge is 2.01. The maximum absolute atomic E-state index is 5.72. The van der Waals surface area contributed by atoms with Crippen LogP contribution < -0.4 is 4.74 Å². The Morgan fingerprint density at radius 2 is 2.06 bits per heavy atom.